The van der Waals surface area contributed by atoms with Crippen LogP contribution in [0.5, 0.6) is 17.2 Å². The number of benzene rings is 2. The van der Waals surface area contributed by atoms with Crippen molar-refractivity contribution in [3.63, 3.8) is 0 Å². The zero-order valence-corrected chi connectivity index (χ0v) is 20.2. The number of aromatic hydroxyl groups is 3. The van der Waals surface area contributed by atoms with E-state index in [1.165, 1.54) is 17.2 Å². The van der Waals surface area contributed by atoms with E-state index in [4.69, 9.17) is 4.42 Å². The Balaban J connectivity index is 2.12. The smallest absolute Gasteiger partial charge is 0.138 e. The van der Waals surface area contributed by atoms with Crippen LogP contribution in [0.1, 0.15) is 58.6 Å². The first kappa shape index (κ1) is 24.2. The number of hydrogen-bond donors (Lipinski definition) is 3. The molecule has 0 amide bonds. The molecule has 33 heavy (non-hydrogen) atoms. The zero-order valence-electron chi connectivity index (χ0n) is 20.2. The average Bonchev–Trinajstić information content (AvgIpc) is 3.14. The van der Waals surface area contributed by atoms with Crippen molar-refractivity contribution in [3.8, 4) is 28.6 Å². The van der Waals surface area contributed by atoms with Crippen LogP contribution in [0.2, 0.25) is 0 Å². The molecule has 2 aromatic carbocycles. The van der Waals surface area contributed by atoms with Crippen molar-refractivity contribution in [3.05, 3.63) is 76.4 Å². The highest BCUT2D eigenvalue weighted by Gasteiger charge is 2.21. The number of furan rings is 1. The van der Waals surface area contributed by atoms with Gasteiger partial charge in [0.2, 0.25) is 0 Å². The molecule has 3 aromatic rings. The van der Waals surface area contributed by atoms with Crippen LogP contribution < -0.4 is 0 Å². The first-order valence-corrected chi connectivity index (χ1v) is 11.4. The Morgan fingerprint density at radius 1 is 0.788 bits per heavy atom. The number of allylic oxidation sites excluding steroid dienone is 6. The highest BCUT2D eigenvalue weighted by atomic mass is 16.3. The molecule has 0 fully saturated rings. The van der Waals surface area contributed by atoms with Gasteiger partial charge in [-0.05, 0) is 78.5 Å². The van der Waals surface area contributed by atoms with Gasteiger partial charge < -0.3 is 19.7 Å². The predicted molar refractivity (Wildman–Crippen MR) is 136 cm³/mol. The molecular weight excluding hydrogens is 412 g/mol. The van der Waals surface area contributed by atoms with E-state index in [2.05, 4.69) is 32.9 Å². The summed E-state index contributed by atoms with van der Waals surface area (Å²) in [7, 11) is 0. The van der Waals surface area contributed by atoms with E-state index in [-0.39, 0.29) is 17.2 Å². The molecule has 4 nitrogen and oxygen atoms in total. The van der Waals surface area contributed by atoms with E-state index >= 15 is 0 Å². The summed E-state index contributed by atoms with van der Waals surface area (Å²) in [6, 6.07) is 8.30. The van der Waals surface area contributed by atoms with Gasteiger partial charge in [-0.15, -0.1) is 0 Å². The second-order valence-corrected chi connectivity index (χ2v) is 9.14. The van der Waals surface area contributed by atoms with Crippen LogP contribution in [0, 0.1) is 0 Å². The molecule has 1 heterocycles. The highest BCUT2D eigenvalue weighted by Crippen LogP contribution is 2.42. The van der Waals surface area contributed by atoms with Gasteiger partial charge in [-0.2, -0.15) is 0 Å². The topological polar surface area (TPSA) is 73.8 Å². The molecule has 0 unspecified atom stereocenters. The Labute approximate surface area is 196 Å². The summed E-state index contributed by atoms with van der Waals surface area (Å²) in [6.07, 6.45) is 9.38. The molecule has 4 heteroatoms. The number of rotatable bonds is 8. The number of phenolic OH excluding ortho intramolecular Hbond substituents is 3. The van der Waals surface area contributed by atoms with Crippen LogP contribution in [-0.2, 0) is 12.8 Å². The van der Waals surface area contributed by atoms with Gasteiger partial charge in [-0.25, -0.2) is 0 Å². The van der Waals surface area contributed by atoms with E-state index in [1.807, 2.05) is 26.0 Å². The minimum absolute atomic E-state index is 0.0383. The van der Waals surface area contributed by atoms with Crippen LogP contribution in [0.25, 0.3) is 22.3 Å². The van der Waals surface area contributed by atoms with Gasteiger partial charge in [0.1, 0.15) is 28.6 Å². The minimum atomic E-state index is 0.0383. The van der Waals surface area contributed by atoms with E-state index in [9.17, 15) is 15.3 Å². The molecule has 0 aliphatic heterocycles. The SMILES string of the molecule is CC(C)=CCCC(C)=CCc1c(O)cc(O)c(CC=C(C)C)c1-c1cc2ccc(O)cc2o1. The lowest BCUT2D eigenvalue weighted by Crippen LogP contribution is -1.97. The maximum Gasteiger partial charge on any atom is 0.138 e. The maximum absolute atomic E-state index is 10.8. The summed E-state index contributed by atoms with van der Waals surface area (Å²) >= 11 is 0. The third-order valence-corrected chi connectivity index (χ3v) is 5.71. The molecule has 0 spiro atoms. The van der Waals surface area contributed by atoms with Crippen LogP contribution in [0.3, 0.4) is 0 Å². The van der Waals surface area contributed by atoms with E-state index in [1.54, 1.807) is 18.2 Å². The Morgan fingerprint density at radius 2 is 1.42 bits per heavy atom. The van der Waals surface area contributed by atoms with Crippen LogP contribution in [0.4, 0.5) is 0 Å². The van der Waals surface area contributed by atoms with Crippen molar-refractivity contribution >= 4 is 11.0 Å². The Bertz CT molecular complexity index is 1230. The van der Waals surface area contributed by atoms with E-state index < -0.39 is 0 Å². The normalized spacial score (nSPS) is 11.6. The highest BCUT2D eigenvalue weighted by molar-refractivity contribution is 5.86. The van der Waals surface area contributed by atoms with Crippen molar-refractivity contribution < 1.29 is 19.7 Å². The first-order valence-electron chi connectivity index (χ1n) is 11.4. The minimum Gasteiger partial charge on any atom is -0.508 e. The molecule has 0 saturated heterocycles. The van der Waals surface area contributed by atoms with Gasteiger partial charge in [-0.3, -0.25) is 0 Å². The Kier molecular flexibility index (Phi) is 7.70. The first-order chi connectivity index (χ1) is 15.7. The van der Waals surface area contributed by atoms with Crippen molar-refractivity contribution in [2.45, 2.75) is 60.3 Å². The van der Waals surface area contributed by atoms with Gasteiger partial charge in [0.05, 0.1) is 0 Å². The second kappa shape index (κ2) is 10.5. The van der Waals surface area contributed by atoms with Crippen LogP contribution in [-0.4, -0.2) is 15.3 Å². The number of phenols is 3. The van der Waals surface area contributed by atoms with Gasteiger partial charge >= 0.3 is 0 Å². The van der Waals surface area contributed by atoms with Crippen molar-refractivity contribution in [1.29, 1.82) is 0 Å². The summed E-state index contributed by atoms with van der Waals surface area (Å²) in [5, 5.41) is 32.3. The number of hydrogen-bond acceptors (Lipinski definition) is 4. The molecule has 0 aliphatic carbocycles. The van der Waals surface area contributed by atoms with Crippen molar-refractivity contribution in [2.75, 3.05) is 0 Å². The maximum atomic E-state index is 10.8. The predicted octanol–water partition coefficient (Wildman–Crippen LogP) is 7.96. The molecule has 3 rings (SSSR count). The molecule has 174 valence electrons. The molecule has 3 N–H and O–H groups in total. The van der Waals surface area contributed by atoms with Crippen LogP contribution in [0.15, 0.2) is 69.7 Å². The van der Waals surface area contributed by atoms with Crippen molar-refractivity contribution in [2.24, 2.45) is 0 Å². The third kappa shape index (κ3) is 6.10. The standard InChI is InChI=1S/C29H34O4/c1-18(2)7-6-8-20(5)10-14-24-26(32)17-25(31)23(13-9-19(3)4)29(24)28-15-21-11-12-22(30)16-27(21)33-28/h7,9-12,15-17,30-32H,6,8,13-14H2,1-5H3. The zero-order chi connectivity index (χ0) is 24.1. The Hall–Kier alpha value is -3.40. The largest absolute Gasteiger partial charge is 0.508 e. The Morgan fingerprint density at radius 3 is 2.06 bits per heavy atom. The quantitative estimate of drug-likeness (QED) is 0.307. The lowest BCUT2D eigenvalue weighted by Gasteiger charge is -2.16. The van der Waals surface area contributed by atoms with Crippen molar-refractivity contribution in [1.82, 2.24) is 0 Å². The van der Waals surface area contributed by atoms with Crippen LogP contribution >= 0.6 is 0 Å². The second-order valence-electron chi connectivity index (χ2n) is 9.14. The molecule has 0 atom stereocenters. The van der Waals surface area contributed by atoms with Gasteiger partial charge in [0.25, 0.3) is 0 Å². The molecule has 0 aliphatic rings. The van der Waals surface area contributed by atoms with E-state index in [0.29, 0.717) is 35.3 Å². The van der Waals surface area contributed by atoms with Gasteiger partial charge in [0.15, 0.2) is 0 Å². The fourth-order valence-corrected chi connectivity index (χ4v) is 3.87. The molecule has 0 saturated carbocycles. The average molecular weight is 447 g/mol. The third-order valence-electron chi connectivity index (χ3n) is 5.71. The fourth-order valence-electron chi connectivity index (χ4n) is 3.87. The van der Waals surface area contributed by atoms with E-state index in [0.717, 1.165) is 29.4 Å². The number of fused-ring (bicyclic) bond motifs is 1. The fraction of sp³-hybridized carbons (Fsp3) is 0.310. The summed E-state index contributed by atoms with van der Waals surface area (Å²) in [5.74, 6) is 0.767. The van der Waals surface area contributed by atoms with Gasteiger partial charge in [0, 0.05) is 34.2 Å². The molecule has 0 bridgehead atoms. The molecular formula is C29H34O4. The monoisotopic (exact) mass is 446 g/mol. The molecule has 0 radical (unpaired) electrons. The molecule has 1 aromatic heterocycles. The summed E-state index contributed by atoms with van der Waals surface area (Å²) in [4.78, 5) is 0. The van der Waals surface area contributed by atoms with Gasteiger partial charge in [-0.1, -0.05) is 34.9 Å². The lowest BCUT2D eigenvalue weighted by molar-refractivity contribution is 0.443. The summed E-state index contributed by atoms with van der Waals surface area (Å²) in [5.41, 5.74) is 6.37. The summed E-state index contributed by atoms with van der Waals surface area (Å²) < 4.78 is 6.10. The summed E-state index contributed by atoms with van der Waals surface area (Å²) in [6.45, 7) is 10.3. The lowest BCUT2D eigenvalue weighted by atomic mass is 9.91.